The van der Waals surface area contributed by atoms with Gasteiger partial charge in [0.25, 0.3) is 5.91 Å². The van der Waals surface area contributed by atoms with Crippen molar-refractivity contribution in [1.82, 2.24) is 0 Å². The van der Waals surface area contributed by atoms with Crippen molar-refractivity contribution < 1.29 is 28.6 Å². The summed E-state index contributed by atoms with van der Waals surface area (Å²) in [5.41, 5.74) is 1.44. The lowest BCUT2D eigenvalue weighted by Gasteiger charge is -2.14. The average molecular weight is 468 g/mol. The number of anilines is 1. The maximum absolute atomic E-state index is 12.9. The molecule has 0 unspecified atom stereocenters. The second kappa shape index (κ2) is 8.89. The fraction of sp³-hybridized carbons (Fsp3) is 0.0870. The Morgan fingerprint density at radius 2 is 1.78 bits per heavy atom. The lowest BCUT2D eigenvalue weighted by atomic mass is 10.1. The average Bonchev–Trinajstić information content (AvgIpc) is 3.37. The minimum absolute atomic E-state index is 0.132. The lowest BCUT2D eigenvalue weighted by molar-refractivity contribution is -0.113. The number of nitrogens with zero attached hydrogens (tertiary/aromatic N) is 1. The van der Waals surface area contributed by atoms with E-state index < -0.39 is 5.97 Å². The van der Waals surface area contributed by atoms with Crippen LogP contribution in [0, 0.1) is 0 Å². The van der Waals surface area contributed by atoms with E-state index in [1.807, 2.05) is 12.1 Å². The molecule has 0 radical (unpaired) electrons. The second-order valence-corrected chi connectivity index (χ2v) is 8.32. The van der Waals surface area contributed by atoms with E-state index >= 15 is 0 Å². The van der Waals surface area contributed by atoms with Crippen molar-refractivity contribution >= 4 is 51.9 Å². The summed E-state index contributed by atoms with van der Waals surface area (Å²) in [6.45, 7) is 0. The molecule has 1 aromatic heterocycles. The van der Waals surface area contributed by atoms with Gasteiger partial charge in [-0.25, -0.2) is 4.79 Å². The Bertz CT molecular complexity index is 1250. The number of carbonyl (C=O) groups excluding carboxylic acids is 1. The highest BCUT2D eigenvalue weighted by molar-refractivity contribution is 8.27. The fourth-order valence-electron chi connectivity index (χ4n) is 3.15. The van der Waals surface area contributed by atoms with Gasteiger partial charge in [0.05, 0.1) is 30.4 Å². The van der Waals surface area contributed by atoms with E-state index in [0.29, 0.717) is 37.9 Å². The zero-order valence-electron chi connectivity index (χ0n) is 17.0. The molecule has 2 heterocycles. The number of hydrogen-bond acceptors (Lipinski definition) is 7. The summed E-state index contributed by atoms with van der Waals surface area (Å²) in [7, 11) is 3.13. The number of aromatic carboxylic acids is 1. The number of rotatable bonds is 6. The molecule has 4 rings (SSSR count). The highest BCUT2D eigenvalue weighted by atomic mass is 32.2. The summed E-state index contributed by atoms with van der Waals surface area (Å²) >= 11 is 6.52. The molecule has 1 saturated heterocycles. The SMILES string of the molecule is COc1ccc(-c2ccc(C=C3SC(=S)N(c4ccc(C(=O)O)cc4)C3=O)o2)cc1OC. The Morgan fingerprint density at radius 3 is 2.44 bits per heavy atom. The van der Waals surface area contributed by atoms with Gasteiger partial charge in [-0.05, 0) is 54.6 Å². The van der Waals surface area contributed by atoms with Crippen molar-refractivity contribution in [2.24, 2.45) is 0 Å². The lowest BCUT2D eigenvalue weighted by Crippen LogP contribution is -2.27. The van der Waals surface area contributed by atoms with Crippen LogP contribution in [-0.4, -0.2) is 35.5 Å². The third-order valence-electron chi connectivity index (χ3n) is 4.73. The Morgan fingerprint density at radius 1 is 1.06 bits per heavy atom. The number of carboxylic acid groups (broad SMARTS) is 1. The number of amides is 1. The van der Waals surface area contributed by atoms with Gasteiger partial charge < -0.3 is 19.0 Å². The number of carboxylic acids is 1. The fourth-order valence-corrected chi connectivity index (χ4v) is 4.43. The Hall–Kier alpha value is -3.56. The van der Waals surface area contributed by atoms with E-state index in [-0.39, 0.29) is 11.5 Å². The number of hydrogen-bond donors (Lipinski definition) is 1. The van der Waals surface area contributed by atoms with Crippen molar-refractivity contribution in [3.05, 3.63) is 70.8 Å². The third kappa shape index (κ3) is 4.12. The first kappa shape index (κ1) is 21.7. The van der Waals surface area contributed by atoms with Gasteiger partial charge in [-0.15, -0.1) is 0 Å². The molecule has 1 aliphatic heterocycles. The van der Waals surface area contributed by atoms with Crippen LogP contribution in [0.15, 0.2) is 63.9 Å². The van der Waals surface area contributed by atoms with Gasteiger partial charge in [-0.3, -0.25) is 9.69 Å². The molecule has 1 amide bonds. The first-order chi connectivity index (χ1) is 15.4. The van der Waals surface area contributed by atoms with E-state index in [1.165, 1.54) is 17.0 Å². The summed E-state index contributed by atoms with van der Waals surface area (Å²) in [4.78, 5) is 25.8. The van der Waals surface area contributed by atoms with E-state index in [1.54, 1.807) is 50.6 Å². The quantitative estimate of drug-likeness (QED) is 0.397. The number of benzene rings is 2. The van der Waals surface area contributed by atoms with Crippen LogP contribution in [0.5, 0.6) is 11.5 Å². The van der Waals surface area contributed by atoms with Crippen LogP contribution >= 0.6 is 24.0 Å². The molecule has 0 bridgehead atoms. The molecule has 0 saturated carbocycles. The molecular weight excluding hydrogens is 450 g/mol. The molecule has 32 heavy (non-hydrogen) atoms. The number of thiocarbonyl (C=S) groups is 1. The summed E-state index contributed by atoms with van der Waals surface area (Å²) in [5.74, 6) is 0.964. The van der Waals surface area contributed by atoms with Gasteiger partial charge in [0, 0.05) is 11.6 Å². The molecule has 1 N–H and O–H groups in total. The molecule has 0 atom stereocenters. The maximum atomic E-state index is 12.9. The van der Waals surface area contributed by atoms with Gasteiger partial charge in [-0.1, -0.05) is 24.0 Å². The van der Waals surface area contributed by atoms with Gasteiger partial charge in [-0.2, -0.15) is 0 Å². The molecule has 7 nitrogen and oxygen atoms in total. The molecule has 0 aliphatic carbocycles. The van der Waals surface area contributed by atoms with Crippen LogP contribution in [-0.2, 0) is 4.79 Å². The molecule has 1 aliphatic rings. The van der Waals surface area contributed by atoms with E-state index in [9.17, 15) is 9.59 Å². The maximum Gasteiger partial charge on any atom is 0.335 e. The third-order valence-corrected chi connectivity index (χ3v) is 6.04. The van der Waals surface area contributed by atoms with Crippen molar-refractivity contribution in [3.63, 3.8) is 0 Å². The van der Waals surface area contributed by atoms with Crippen molar-refractivity contribution in [2.45, 2.75) is 0 Å². The number of carbonyl (C=O) groups is 2. The van der Waals surface area contributed by atoms with Gasteiger partial charge in [0.15, 0.2) is 15.8 Å². The van der Waals surface area contributed by atoms with Crippen LogP contribution in [0.1, 0.15) is 16.1 Å². The minimum Gasteiger partial charge on any atom is -0.493 e. The second-order valence-electron chi connectivity index (χ2n) is 6.64. The van der Waals surface area contributed by atoms with Gasteiger partial charge in [0.2, 0.25) is 0 Å². The predicted octanol–water partition coefficient (Wildman–Crippen LogP) is 5.07. The summed E-state index contributed by atoms with van der Waals surface area (Å²) in [6, 6.07) is 15.0. The highest BCUT2D eigenvalue weighted by Crippen LogP contribution is 2.37. The Kier molecular flexibility index (Phi) is 6.02. The van der Waals surface area contributed by atoms with Crippen molar-refractivity contribution in [3.8, 4) is 22.8 Å². The van der Waals surface area contributed by atoms with Gasteiger partial charge >= 0.3 is 5.97 Å². The number of furan rings is 1. The molecule has 162 valence electrons. The molecule has 2 aromatic carbocycles. The topological polar surface area (TPSA) is 89.2 Å². The number of thioether (sulfide) groups is 1. The Balaban J connectivity index is 1.58. The van der Waals surface area contributed by atoms with E-state index in [4.69, 9.17) is 31.2 Å². The van der Waals surface area contributed by atoms with Crippen LogP contribution in [0.4, 0.5) is 5.69 Å². The smallest absolute Gasteiger partial charge is 0.335 e. The molecular formula is C23H17NO6S2. The zero-order chi connectivity index (χ0) is 22.8. The Labute approximate surface area is 193 Å². The predicted molar refractivity (Wildman–Crippen MR) is 126 cm³/mol. The van der Waals surface area contributed by atoms with Crippen LogP contribution in [0.25, 0.3) is 17.4 Å². The van der Waals surface area contributed by atoms with Gasteiger partial charge in [0.1, 0.15) is 11.5 Å². The van der Waals surface area contributed by atoms with Crippen LogP contribution < -0.4 is 14.4 Å². The zero-order valence-corrected chi connectivity index (χ0v) is 18.7. The normalized spacial score (nSPS) is 14.8. The first-order valence-electron chi connectivity index (χ1n) is 9.35. The van der Waals surface area contributed by atoms with Crippen LogP contribution in [0.3, 0.4) is 0 Å². The number of ether oxygens (including phenoxy) is 2. The van der Waals surface area contributed by atoms with Crippen molar-refractivity contribution in [1.29, 1.82) is 0 Å². The van der Waals surface area contributed by atoms with Crippen molar-refractivity contribution in [2.75, 3.05) is 19.1 Å². The standard InChI is InChI=1S/C23H17NO6S2/c1-28-18-9-5-14(11-19(18)29-2)17-10-8-16(30-17)12-20-21(25)24(23(31)32-20)15-6-3-13(4-7-15)22(26)27/h3-12H,1-2H3,(H,26,27). The first-order valence-corrected chi connectivity index (χ1v) is 10.6. The molecule has 3 aromatic rings. The summed E-state index contributed by atoms with van der Waals surface area (Å²) < 4.78 is 16.9. The van der Waals surface area contributed by atoms with E-state index in [2.05, 4.69) is 0 Å². The monoisotopic (exact) mass is 467 g/mol. The van der Waals surface area contributed by atoms with Crippen LogP contribution in [0.2, 0.25) is 0 Å². The summed E-state index contributed by atoms with van der Waals surface area (Å²) in [5, 5.41) is 9.05. The minimum atomic E-state index is -1.04. The van der Waals surface area contributed by atoms with E-state index in [0.717, 1.165) is 17.3 Å². The molecule has 1 fully saturated rings. The largest absolute Gasteiger partial charge is 0.493 e. The number of methoxy groups -OCH3 is 2. The summed E-state index contributed by atoms with van der Waals surface area (Å²) in [6.07, 6.45) is 1.63. The highest BCUT2D eigenvalue weighted by Gasteiger charge is 2.33. The molecule has 0 spiro atoms. The molecule has 9 heteroatoms.